The van der Waals surface area contributed by atoms with E-state index in [0.717, 1.165) is 11.8 Å². The van der Waals surface area contributed by atoms with Gasteiger partial charge in [0, 0.05) is 12.1 Å². The lowest BCUT2D eigenvalue weighted by Crippen LogP contribution is -2.35. The molecule has 0 aliphatic heterocycles. The van der Waals surface area contributed by atoms with Crippen molar-refractivity contribution >= 4 is 0 Å². The second-order valence-corrected chi connectivity index (χ2v) is 5.72. The van der Waals surface area contributed by atoms with E-state index in [9.17, 15) is 0 Å². The van der Waals surface area contributed by atoms with Gasteiger partial charge >= 0.3 is 0 Å². The van der Waals surface area contributed by atoms with Gasteiger partial charge in [-0.05, 0) is 56.8 Å². The Morgan fingerprint density at radius 2 is 1.41 bits per heavy atom. The molecule has 2 aliphatic carbocycles. The molecule has 0 radical (unpaired) electrons. The zero-order valence-electron chi connectivity index (χ0n) is 11.8. The standard InChI is InChI=1S/C13H26N2.C2H6/c14-12-7-5-10(6-8-12)9-11-3-1-2-4-13(11)15;1-2/h10-13H,1-9,14-15H2;1-2H3. The van der Waals surface area contributed by atoms with Crippen LogP contribution in [0.15, 0.2) is 0 Å². The lowest BCUT2D eigenvalue weighted by Gasteiger charge is -2.34. The minimum Gasteiger partial charge on any atom is -0.328 e. The van der Waals surface area contributed by atoms with E-state index in [4.69, 9.17) is 11.5 Å². The Hall–Kier alpha value is -0.0800. The topological polar surface area (TPSA) is 52.0 Å². The second kappa shape index (κ2) is 8.10. The fourth-order valence-corrected chi connectivity index (χ4v) is 3.38. The molecule has 2 heteroatoms. The van der Waals surface area contributed by atoms with Gasteiger partial charge in [-0.25, -0.2) is 0 Å². The fraction of sp³-hybridized carbons (Fsp3) is 1.00. The lowest BCUT2D eigenvalue weighted by molar-refractivity contribution is 0.213. The van der Waals surface area contributed by atoms with Gasteiger partial charge in [0.1, 0.15) is 0 Å². The second-order valence-electron chi connectivity index (χ2n) is 5.72. The van der Waals surface area contributed by atoms with E-state index in [2.05, 4.69) is 0 Å². The SMILES string of the molecule is CC.NC1CCC(CC2CCCCC2N)CC1. The van der Waals surface area contributed by atoms with Crippen LogP contribution in [0.25, 0.3) is 0 Å². The highest BCUT2D eigenvalue weighted by Gasteiger charge is 2.26. The molecule has 0 aromatic heterocycles. The first kappa shape index (κ1) is 15.0. The van der Waals surface area contributed by atoms with Crippen molar-refractivity contribution in [3.8, 4) is 0 Å². The quantitative estimate of drug-likeness (QED) is 0.777. The van der Waals surface area contributed by atoms with E-state index in [1.165, 1.54) is 57.8 Å². The zero-order chi connectivity index (χ0) is 12.7. The van der Waals surface area contributed by atoms with Crippen molar-refractivity contribution in [1.29, 1.82) is 0 Å². The Bertz CT molecular complexity index is 185. The largest absolute Gasteiger partial charge is 0.328 e. The summed E-state index contributed by atoms with van der Waals surface area (Å²) in [6.45, 7) is 4.00. The molecule has 2 saturated carbocycles. The highest BCUT2D eigenvalue weighted by molar-refractivity contribution is 4.82. The lowest BCUT2D eigenvalue weighted by atomic mass is 9.75. The average Bonchev–Trinajstić information content (AvgIpc) is 2.37. The van der Waals surface area contributed by atoms with E-state index in [0.29, 0.717) is 12.1 Å². The summed E-state index contributed by atoms with van der Waals surface area (Å²) >= 11 is 0. The molecule has 102 valence electrons. The summed E-state index contributed by atoms with van der Waals surface area (Å²) in [6.07, 6.45) is 12.0. The molecule has 0 saturated heterocycles. The maximum absolute atomic E-state index is 6.20. The van der Waals surface area contributed by atoms with Crippen LogP contribution in [0.5, 0.6) is 0 Å². The Labute approximate surface area is 108 Å². The average molecular weight is 240 g/mol. The van der Waals surface area contributed by atoms with Crippen LogP contribution in [0.2, 0.25) is 0 Å². The first-order valence-electron chi connectivity index (χ1n) is 7.77. The van der Waals surface area contributed by atoms with E-state index >= 15 is 0 Å². The molecule has 2 unspecified atom stereocenters. The van der Waals surface area contributed by atoms with E-state index < -0.39 is 0 Å². The third-order valence-corrected chi connectivity index (χ3v) is 4.50. The van der Waals surface area contributed by atoms with E-state index in [1.54, 1.807) is 0 Å². The van der Waals surface area contributed by atoms with Crippen LogP contribution >= 0.6 is 0 Å². The normalized spacial score (nSPS) is 38.1. The molecule has 2 fully saturated rings. The fourth-order valence-electron chi connectivity index (χ4n) is 3.38. The van der Waals surface area contributed by atoms with Gasteiger partial charge in [-0.3, -0.25) is 0 Å². The maximum atomic E-state index is 6.20. The smallest absolute Gasteiger partial charge is 0.00672 e. The first-order chi connectivity index (χ1) is 8.25. The Morgan fingerprint density at radius 3 is 2.00 bits per heavy atom. The third-order valence-electron chi connectivity index (χ3n) is 4.50. The molecule has 0 heterocycles. The van der Waals surface area contributed by atoms with Crippen LogP contribution in [-0.2, 0) is 0 Å². The molecule has 2 aliphatic rings. The van der Waals surface area contributed by atoms with Crippen molar-refractivity contribution in [2.75, 3.05) is 0 Å². The van der Waals surface area contributed by atoms with Gasteiger partial charge in [0.15, 0.2) is 0 Å². The van der Waals surface area contributed by atoms with Crippen molar-refractivity contribution in [2.24, 2.45) is 23.3 Å². The Morgan fingerprint density at radius 1 is 0.824 bits per heavy atom. The highest BCUT2D eigenvalue weighted by atomic mass is 14.7. The summed E-state index contributed by atoms with van der Waals surface area (Å²) in [5.74, 6) is 1.75. The number of rotatable bonds is 2. The van der Waals surface area contributed by atoms with Gasteiger partial charge in [0.25, 0.3) is 0 Å². The van der Waals surface area contributed by atoms with Gasteiger partial charge in [-0.2, -0.15) is 0 Å². The molecule has 2 nitrogen and oxygen atoms in total. The summed E-state index contributed by atoms with van der Waals surface area (Å²) in [4.78, 5) is 0. The van der Waals surface area contributed by atoms with Crippen LogP contribution in [0.1, 0.15) is 71.6 Å². The summed E-state index contributed by atoms with van der Waals surface area (Å²) in [7, 11) is 0. The molecule has 4 N–H and O–H groups in total. The molecule has 0 bridgehead atoms. The van der Waals surface area contributed by atoms with Gasteiger partial charge in [0.05, 0.1) is 0 Å². The molecule has 0 aromatic carbocycles. The Kier molecular flexibility index (Phi) is 7.14. The van der Waals surface area contributed by atoms with Crippen LogP contribution in [0.3, 0.4) is 0 Å². The van der Waals surface area contributed by atoms with Crippen molar-refractivity contribution in [1.82, 2.24) is 0 Å². The van der Waals surface area contributed by atoms with Gasteiger partial charge < -0.3 is 11.5 Å². The first-order valence-corrected chi connectivity index (χ1v) is 7.77. The summed E-state index contributed by atoms with van der Waals surface area (Å²) in [5.41, 5.74) is 12.1. The van der Waals surface area contributed by atoms with E-state index in [-0.39, 0.29) is 0 Å². The van der Waals surface area contributed by atoms with Crippen molar-refractivity contribution in [2.45, 2.75) is 83.7 Å². The zero-order valence-corrected chi connectivity index (χ0v) is 11.8. The number of nitrogens with two attached hydrogens (primary N) is 2. The summed E-state index contributed by atoms with van der Waals surface area (Å²) in [6, 6.07) is 0.982. The van der Waals surface area contributed by atoms with Crippen molar-refractivity contribution in [3.63, 3.8) is 0 Å². The third kappa shape index (κ3) is 4.97. The minimum atomic E-state index is 0.487. The molecular formula is C15H32N2. The van der Waals surface area contributed by atoms with Crippen molar-refractivity contribution < 1.29 is 0 Å². The summed E-state index contributed by atoms with van der Waals surface area (Å²) in [5, 5.41) is 0. The highest BCUT2D eigenvalue weighted by Crippen LogP contribution is 2.34. The molecular weight excluding hydrogens is 208 g/mol. The predicted molar refractivity (Wildman–Crippen MR) is 75.8 cm³/mol. The molecule has 0 amide bonds. The Balaban J connectivity index is 0.000000686. The van der Waals surface area contributed by atoms with Crippen molar-refractivity contribution in [3.05, 3.63) is 0 Å². The molecule has 0 aromatic rings. The number of hydrogen-bond acceptors (Lipinski definition) is 2. The van der Waals surface area contributed by atoms with Gasteiger partial charge in [-0.1, -0.05) is 26.7 Å². The molecule has 0 spiro atoms. The van der Waals surface area contributed by atoms with E-state index in [1.807, 2.05) is 13.8 Å². The van der Waals surface area contributed by atoms with Crippen LogP contribution in [0.4, 0.5) is 0 Å². The van der Waals surface area contributed by atoms with Crippen LogP contribution < -0.4 is 11.5 Å². The monoisotopic (exact) mass is 240 g/mol. The van der Waals surface area contributed by atoms with Crippen LogP contribution in [-0.4, -0.2) is 12.1 Å². The predicted octanol–water partition coefficient (Wildman–Crippen LogP) is 3.44. The maximum Gasteiger partial charge on any atom is 0.00672 e. The molecule has 17 heavy (non-hydrogen) atoms. The summed E-state index contributed by atoms with van der Waals surface area (Å²) < 4.78 is 0. The van der Waals surface area contributed by atoms with Gasteiger partial charge in [0.2, 0.25) is 0 Å². The van der Waals surface area contributed by atoms with Gasteiger partial charge in [-0.15, -0.1) is 0 Å². The molecule has 2 atom stereocenters. The molecule has 2 rings (SSSR count). The van der Waals surface area contributed by atoms with Crippen LogP contribution in [0, 0.1) is 11.8 Å². The number of hydrogen-bond donors (Lipinski definition) is 2. The minimum absolute atomic E-state index is 0.487.